The smallest absolute Gasteiger partial charge is 0.410 e. The van der Waals surface area contributed by atoms with Gasteiger partial charge in [-0.25, -0.2) is 14.8 Å². The second-order valence-corrected chi connectivity index (χ2v) is 9.92. The number of rotatable bonds is 7. The number of ether oxygens (including phenoxy) is 3. The van der Waals surface area contributed by atoms with Crippen LogP contribution in [0.4, 0.5) is 4.79 Å². The Labute approximate surface area is 229 Å². The minimum Gasteiger partial charge on any atom is -0.488 e. The fourth-order valence-corrected chi connectivity index (χ4v) is 5.20. The van der Waals surface area contributed by atoms with Crippen LogP contribution in [0.15, 0.2) is 54.9 Å². The number of carbonyl (C=O) groups is 2. The number of nitrogens with zero attached hydrogens (tertiary/aromatic N) is 3. The first-order valence-electron chi connectivity index (χ1n) is 12.6. The Morgan fingerprint density at radius 3 is 2.92 bits per heavy atom. The molecule has 5 heterocycles. The van der Waals surface area contributed by atoms with Crippen LogP contribution >= 0.6 is 11.6 Å². The molecule has 6 rings (SSSR count). The third-order valence-corrected chi connectivity index (χ3v) is 7.32. The zero-order chi connectivity index (χ0) is 26.9. The Bertz CT molecular complexity index is 1540. The Morgan fingerprint density at radius 1 is 1.26 bits per heavy atom. The molecule has 0 bridgehead atoms. The molecule has 2 N–H and O–H groups in total. The highest BCUT2D eigenvalue weighted by atomic mass is 35.5. The number of amides is 2. The Morgan fingerprint density at radius 2 is 2.10 bits per heavy atom. The van der Waals surface area contributed by atoms with Gasteiger partial charge in [-0.1, -0.05) is 23.7 Å². The highest BCUT2D eigenvalue weighted by molar-refractivity contribution is 6.30. The summed E-state index contributed by atoms with van der Waals surface area (Å²) in [6.45, 7) is 1.19. The number of aromatic nitrogens is 3. The van der Waals surface area contributed by atoms with Gasteiger partial charge in [0.2, 0.25) is 5.88 Å². The molecule has 0 aliphatic carbocycles. The number of benzene rings is 1. The molecule has 0 saturated carbocycles. The standard InChI is InChI=1S/C28H26ClN5O5/c1-37-27-22(26(35)32-14-16-2-4-17(29)5-3-16)13-23(39-19-8-11-34-18(12-19)15-38-28(34)36)24(33-27)20-6-9-30-25-21(20)7-10-31-25/h2-7,9-10,13,18-19H,8,11-12,14-15H2,1H3,(H,30,31)(H,32,35)/t18-,19-/m0/s1. The summed E-state index contributed by atoms with van der Waals surface area (Å²) in [5.74, 6) is 0.276. The van der Waals surface area contributed by atoms with Crippen LogP contribution in [0.5, 0.6) is 11.6 Å². The number of carbonyl (C=O) groups excluding carboxylic acids is 2. The summed E-state index contributed by atoms with van der Waals surface area (Å²) in [6, 6.07) is 12.7. The van der Waals surface area contributed by atoms with Crippen LogP contribution in [0.2, 0.25) is 5.02 Å². The molecule has 2 aliphatic heterocycles. The second-order valence-electron chi connectivity index (χ2n) is 9.49. The molecule has 11 heteroatoms. The van der Waals surface area contributed by atoms with Gasteiger partial charge in [0.25, 0.3) is 5.91 Å². The van der Waals surface area contributed by atoms with E-state index in [9.17, 15) is 9.59 Å². The van der Waals surface area contributed by atoms with Crippen molar-refractivity contribution < 1.29 is 23.8 Å². The number of hydrogen-bond donors (Lipinski definition) is 2. The normalized spacial score (nSPS) is 18.5. The summed E-state index contributed by atoms with van der Waals surface area (Å²) < 4.78 is 17.3. The summed E-state index contributed by atoms with van der Waals surface area (Å²) in [5.41, 5.74) is 3.19. The molecule has 4 aromatic rings. The van der Waals surface area contributed by atoms with Crippen molar-refractivity contribution in [3.05, 3.63) is 71.0 Å². The van der Waals surface area contributed by atoms with Crippen LogP contribution < -0.4 is 14.8 Å². The molecule has 0 radical (unpaired) electrons. The predicted octanol–water partition coefficient (Wildman–Crippen LogP) is 4.58. The number of methoxy groups -OCH3 is 1. The maximum atomic E-state index is 13.3. The van der Waals surface area contributed by atoms with Crippen molar-refractivity contribution in [3.63, 3.8) is 0 Å². The van der Waals surface area contributed by atoms with Crippen molar-refractivity contribution in [1.29, 1.82) is 0 Å². The highest BCUT2D eigenvalue weighted by Crippen LogP contribution is 2.38. The van der Waals surface area contributed by atoms with Crippen molar-refractivity contribution in [3.8, 4) is 22.9 Å². The van der Waals surface area contributed by atoms with Gasteiger partial charge in [-0.05, 0) is 29.8 Å². The van der Waals surface area contributed by atoms with Gasteiger partial charge in [0.1, 0.15) is 35.4 Å². The molecule has 0 unspecified atom stereocenters. The SMILES string of the molecule is COc1nc(-c2ccnc3[nH]ccc23)c(O[C@H]2CCN3C(=O)OC[C@@H]3C2)cc1C(=O)NCc1ccc(Cl)cc1. The van der Waals surface area contributed by atoms with Gasteiger partial charge < -0.3 is 29.4 Å². The van der Waals surface area contributed by atoms with Gasteiger partial charge in [0.05, 0.1) is 13.2 Å². The summed E-state index contributed by atoms with van der Waals surface area (Å²) in [6.07, 6.45) is 4.28. The average Bonchev–Trinajstić information content (AvgIpc) is 3.59. The average molecular weight is 548 g/mol. The van der Waals surface area contributed by atoms with Crippen molar-refractivity contribution in [1.82, 2.24) is 25.2 Å². The topological polar surface area (TPSA) is 119 Å². The largest absolute Gasteiger partial charge is 0.488 e. The summed E-state index contributed by atoms with van der Waals surface area (Å²) in [4.78, 5) is 39.3. The number of fused-ring (bicyclic) bond motifs is 2. The fourth-order valence-electron chi connectivity index (χ4n) is 5.08. The van der Waals surface area contributed by atoms with Crippen LogP contribution in [0.1, 0.15) is 28.8 Å². The lowest BCUT2D eigenvalue weighted by Crippen LogP contribution is -2.44. The van der Waals surface area contributed by atoms with Crippen molar-refractivity contribution in [2.75, 3.05) is 20.3 Å². The van der Waals surface area contributed by atoms with E-state index in [1.54, 1.807) is 29.3 Å². The molecule has 39 heavy (non-hydrogen) atoms. The number of halogens is 1. The lowest BCUT2D eigenvalue weighted by molar-refractivity contribution is 0.0913. The van der Waals surface area contributed by atoms with Crippen LogP contribution in [-0.2, 0) is 11.3 Å². The van der Waals surface area contributed by atoms with Gasteiger partial charge in [0, 0.05) is 60.4 Å². The first-order valence-corrected chi connectivity index (χ1v) is 13.0. The summed E-state index contributed by atoms with van der Waals surface area (Å²) in [5, 5.41) is 4.41. The van der Waals surface area contributed by atoms with E-state index >= 15 is 0 Å². The Hall–Kier alpha value is -4.31. The van der Waals surface area contributed by atoms with E-state index in [1.807, 2.05) is 30.5 Å². The molecule has 2 aliphatic rings. The molecule has 2 atom stereocenters. The van der Waals surface area contributed by atoms with E-state index in [0.717, 1.165) is 16.5 Å². The summed E-state index contributed by atoms with van der Waals surface area (Å²) >= 11 is 5.98. The third-order valence-electron chi connectivity index (χ3n) is 7.07. The molecule has 3 aromatic heterocycles. The van der Waals surface area contributed by atoms with Gasteiger partial charge in [-0.3, -0.25) is 4.79 Å². The molecule has 200 valence electrons. The summed E-state index contributed by atoms with van der Waals surface area (Å²) in [7, 11) is 1.48. The number of nitrogens with one attached hydrogen (secondary N) is 2. The van der Waals surface area contributed by atoms with Gasteiger partial charge in [-0.15, -0.1) is 0 Å². The maximum absolute atomic E-state index is 13.3. The number of cyclic esters (lactones) is 1. The van der Waals surface area contributed by atoms with E-state index in [0.29, 0.717) is 54.7 Å². The lowest BCUT2D eigenvalue weighted by Gasteiger charge is -2.33. The first-order chi connectivity index (χ1) is 19.0. The number of piperidine rings is 1. The van der Waals surface area contributed by atoms with Crippen LogP contribution in [0.3, 0.4) is 0 Å². The van der Waals surface area contributed by atoms with E-state index in [2.05, 4.69) is 15.3 Å². The lowest BCUT2D eigenvalue weighted by atomic mass is 10.0. The zero-order valence-electron chi connectivity index (χ0n) is 21.1. The van der Waals surface area contributed by atoms with E-state index in [1.165, 1.54) is 7.11 Å². The van der Waals surface area contributed by atoms with Crippen LogP contribution in [0, 0.1) is 0 Å². The maximum Gasteiger partial charge on any atom is 0.410 e. The number of aromatic amines is 1. The molecule has 0 spiro atoms. The van der Waals surface area contributed by atoms with Crippen LogP contribution in [-0.4, -0.2) is 64.3 Å². The van der Waals surface area contributed by atoms with Crippen molar-refractivity contribution >= 4 is 34.6 Å². The zero-order valence-corrected chi connectivity index (χ0v) is 21.9. The minimum absolute atomic E-state index is 0.0367. The fraction of sp³-hybridized carbons (Fsp3) is 0.286. The molecule has 2 fully saturated rings. The Kier molecular flexibility index (Phi) is 6.70. The van der Waals surface area contributed by atoms with Crippen LogP contribution in [0.25, 0.3) is 22.3 Å². The van der Waals surface area contributed by atoms with Crippen molar-refractivity contribution in [2.24, 2.45) is 0 Å². The number of H-pyrrole nitrogens is 1. The van der Waals surface area contributed by atoms with Gasteiger partial charge >= 0.3 is 6.09 Å². The van der Waals surface area contributed by atoms with Crippen molar-refractivity contribution in [2.45, 2.75) is 31.5 Å². The van der Waals surface area contributed by atoms with E-state index in [-0.39, 0.29) is 35.6 Å². The van der Waals surface area contributed by atoms with Gasteiger partial charge in [0.15, 0.2) is 0 Å². The molecular weight excluding hydrogens is 522 g/mol. The predicted molar refractivity (Wildman–Crippen MR) is 144 cm³/mol. The molecular formula is C28H26ClN5O5. The molecule has 2 amide bonds. The van der Waals surface area contributed by atoms with E-state index < -0.39 is 0 Å². The third kappa shape index (κ3) is 4.95. The minimum atomic E-state index is -0.350. The molecule has 10 nitrogen and oxygen atoms in total. The highest BCUT2D eigenvalue weighted by Gasteiger charge is 2.39. The molecule has 1 aromatic carbocycles. The van der Waals surface area contributed by atoms with Gasteiger partial charge in [-0.2, -0.15) is 0 Å². The second kappa shape index (κ2) is 10.5. The first kappa shape index (κ1) is 25.0. The quantitative estimate of drug-likeness (QED) is 0.347. The Balaban J connectivity index is 1.35. The van der Waals surface area contributed by atoms with E-state index in [4.69, 9.17) is 30.8 Å². The monoisotopic (exact) mass is 547 g/mol. The number of pyridine rings is 2. The number of hydrogen-bond acceptors (Lipinski definition) is 7. The molecule has 2 saturated heterocycles.